The molecule has 2 unspecified atom stereocenters. The van der Waals surface area contributed by atoms with Gasteiger partial charge >= 0.3 is 33.3 Å². The molecule has 2 aliphatic carbocycles. The molecule has 6 atom stereocenters. The van der Waals surface area contributed by atoms with Gasteiger partial charge in [0.25, 0.3) is 0 Å². The summed E-state index contributed by atoms with van der Waals surface area (Å²) in [7, 11) is 9.59. The summed E-state index contributed by atoms with van der Waals surface area (Å²) in [6.45, 7) is 6.66. The molecule has 0 aromatic carbocycles. The Labute approximate surface area is 203 Å². The standard InChI is InChI=1S/C23H39N5.2ClH.Mn/c1-16-18-12-7-13-19(28-18)17(2)27-23-11-6-4-9-21(23)25-15-14-24-20-8-3-5-10-22(20)26-16;;;/h7,12-13,16-17,20-27H,3-6,8-11,14-15H2,1-2H3;2*1H;/q;;;+2/p-2/t16-,17+,20?,21?,22-,23-;;;/m1.../s1. The summed E-state index contributed by atoms with van der Waals surface area (Å²) in [4.78, 5) is 5.06. The summed E-state index contributed by atoms with van der Waals surface area (Å²) < 4.78 is 0. The summed E-state index contributed by atoms with van der Waals surface area (Å²) >= 11 is 0.00694. The van der Waals surface area contributed by atoms with Crippen molar-refractivity contribution in [2.75, 3.05) is 13.1 Å². The van der Waals surface area contributed by atoms with Crippen LogP contribution in [0.15, 0.2) is 18.2 Å². The van der Waals surface area contributed by atoms with E-state index in [1.165, 1.54) is 62.8 Å². The van der Waals surface area contributed by atoms with E-state index in [2.05, 4.69) is 53.3 Å². The monoisotopic (exact) mass is 510 g/mol. The predicted octanol–water partition coefficient (Wildman–Crippen LogP) is 4.57. The molecule has 2 bridgehead atoms. The van der Waals surface area contributed by atoms with E-state index in [0.29, 0.717) is 24.2 Å². The van der Waals surface area contributed by atoms with Crippen LogP contribution >= 0.6 is 20.2 Å². The van der Waals surface area contributed by atoms with Crippen LogP contribution in [-0.2, 0) is 13.1 Å². The molecule has 5 nitrogen and oxygen atoms in total. The van der Waals surface area contributed by atoms with Gasteiger partial charge in [-0.2, -0.15) is 0 Å². The van der Waals surface area contributed by atoms with Crippen molar-refractivity contribution in [3.63, 3.8) is 0 Å². The maximum absolute atomic E-state index is 5.06. The number of hydrogen-bond acceptors (Lipinski definition) is 5. The van der Waals surface area contributed by atoms with Crippen LogP contribution in [-0.4, -0.2) is 42.2 Å². The number of hydrogen-bond donors (Lipinski definition) is 4. The fourth-order valence-electron chi connectivity index (χ4n) is 5.43. The summed E-state index contributed by atoms with van der Waals surface area (Å²) in [5.41, 5.74) is 2.34. The topological polar surface area (TPSA) is 61.0 Å². The molecule has 2 heterocycles. The summed E-state index contributed by atoms with van der Waals surface area (Å²) in [6, 6.07) is 9.34. The van der Waals surface area contributed by atoms with Gasteiger partial charge in [0.15, 0.2) is 0 Å². The Kier molecular flexibility index (Phi) is 11.4. The van der Waals surface area contributed by atoms with E-state index in [4.69, 9.17) is 25.2 Å². The molecule has 0 saturated heterocycles. The van der Waals surface area contributed by atoms with Gasteiger partial charge in [-0.1, -0.05) is 31.7 Å². The van der Waals surface area contributed by atoms with E-state index in [1.807, 2.05) is 0 Å². The van der Waals surface area contributed by atoms with E-state index in [0.717, 1.165) is 13.1 Å². The van der Waals surface area contributed by atoms with Crippen LogP contribution in [0.1, 0.15) is 88.7 Å². The van der Waals surface area contributed by atoms with Crippen molar-refractivity contribution in [2.24, 2.45) is 0 Å². The molecule has 1 aliphatic heterocycles. The zero-order valence-electron chi connectivity index (χ0n) is 18.8. The number of aromatic nitrogens is 1. The number of fused-ring (bicyclic) bond motifs is 4. The Morgan fingerprint density at radius 2 is 1.13 bits per heavy atom. The van der Waals surface area contributed by atoms with Gasteiger partial charge in [0.2, 0.25) is 0 Å². The summed E-state index contributed by atoms with van der Waals surface area (Å²) in [5, 5.41) is 15.5. The zero-order chi connectivity index (χ0) is 22.1. The third-order valence-electron chi connectivity index (χ3n) is 7.08. The summed E-state index contributed by atoms with van der Waals surface area (Å²) in [6.07, 6.45) is 10.4. The van der Waals surface area contributed by atoms with Crippen molar-refractivity contribution >= 4 is 20.2 Å². The Morgan fingerprint density at radius 3 is 1.55 bits per heavy atom. The van der Waals surface area contributed by atoms with Crippen LogP contribution < -0.4 is 21.3 Å². The quantitative estimate of drug-likeness (QED) is 0.385. The third kappa shape index (κ3) is 7.82. The van der Waals surface area contributed by atoms with Crippen molar-refractivity contribution in [2.45, 2.75) is 101 Å². The van der Waals surface area contributed by atoms with Crippen molar-refractivity contribution in [1.29, 1.82) is 0 Å². The molecule has 0 spiro atoms. The van der Waals surface area contributed by atoms with Crippen molar-refractivity contribution in [3.8, 4) is 0 Å². The summed E-state index contributed by atoms with van der Waals surface area (Å²) in [5.74, 6) is 0. The molecule has 4 N–H and O–H groups in total. The number of nitrogens with zero attached hydrogens (tertiary/aromatic N) is 1. The number of rotatable bonds is 0. The Bertz CT molecular complexity index is 603. The minimum atomic E-state index is 0.00694. The molecule has 31 heavy (non-hydrogen) atoms. The Hall–Kier alpha value is 0.0895. The van der Waals surface area contributed by atoms with Crippen LogP contribution in [0.5, 0.6) is 0 Å². The van der Waals surface area contributed by atoms with Gasteiger partial charge in [-0.05, 0) is 51.7 Å². The van der Waals surface area contributed by atoms with Crippen molar-refractivity contribution in [1.82, 2.24) is 26.3 Å². The molecule has 177 valence electrons. The van der Waals surface area contributed by atoms with Crippen molar-refractivity contribution in [3.05, 3.63) is 29.6 Å². The van der Waals surface area contributed by atoms with Crippen molar-refractivity contribution < 1.29 is 13.1 Å². The van der Waals surface area contributed by atoms with E-state index in [-0.39, 0.29) is 25.2 Å². The van der Waals surface area contributed by atoms with Crippen LogP contribution in [0.3, 0.4) is 0 Å². The molecule has 1 aromatic heterocycles. The molecule has 1 aromatic rings. The van der Waals surface area contributed by atoms with E-state index in [1.54, 1.807) is 0 Å². The van der Waals surface area contributed by atoms with E-state index >= 15 is 0 Å². The normalized spacial score (nSPS) is 34.7. The second-order valence-corrected chi connectivity index (χ2v) is 11.2. The molecular weight excluding hydrogens is 472 g/mol. The SMILES string of the molecule is C[C@@H]1N[C@@H]2CCCCC2NCCNC2CCCC[C@H]2N[C@H](C)c2cccc1n2.[Cl][Mn][Cl]. The first-order valence-corrected chi connectivity index (χ1v) is 15.2. The zero-order valence-corrected chi connectivity index (χ0v) is 21.5. The molecule has 0 amide bonds. The maximum atomic E-state index is 5.06. The van der Waals surface area contributed by atoms with Crippen LogP contribution in [0.4, 0.5) is 0 Å². The fraction of sp³-hybridized carbons (Fsp3) is 0.783. The number of pyridine rings is 1. The second-order valence-electron chi connectivity index (χ2n) is 9.22. The average molecular weight is 511 g/mol. The molecule has 4 rings (SSSR count). The molecule has 8 heteroatoms. The molecule has 3 aliphatic rings. The molecular formula is C23H39Cl2MnN5. The van der Waals surface area contributed by atoms with Crippen LogP contribution in [0.25, 0.3) is 0 Å². The molecule has 2 saturated carbocycles. The Morgan fingerprint density at radius 1 is 0.742 bits per heavy atom. The fourth-order valence-corrected chi connectivity index (χ4v) is 5.43. The second kappa shape index (κ2) is 13.7. The van der Waals surface area contributed by atoms with Gasteiger partial charge in [-0.25, -0.2) is 0 Å². The van der Waals surface area contributed by atoms with Gasteiger partial charge in [-0.15, -0.1) is 0 Å². The van der Waals surface area contributed by atoms with E-state index in [9.17, 15) is 0 Å². The first-order chi connectivity index (χ1) is 15.1. The predicted molar refractivity (Wildman–Crippen MR) is 127 cm³/mol. The van der Waals surface area contributed by atoms with Gasteiger partial charge < -0.3 is 21.3 Å². The minimum absolute atomic E-state index is 0.00694. The number of nitrogens with one attached hydrogen (secondary N) is 4. The average Bonchev–Trinajstić information content (AvgIpc) is 2.79. The molecule has 0 radical (unpaired) electrons. The van der Waals surface area contributed by atoms with E-state index < -0.39 is 0 Å². The van der Waals surface area contributed by atoms with Gasteiger partial charge in [0.1, 0.15) is 0 Å². The Balaban J connectivity index is 0.000000858. The molecule has 2 fully saturated rings. The van der Waals surface area contributed by atoms with Gasteiger partial charge in [-0.3, -0.25) is 4.98 Å². The van der Waals surface area contributed by atoms with Gasteiger partial charge in [0, 0.05) is 49.3 Å². The van der Waals surface area contributed by atoms with Crippen LogP contribution in [0.2, 0.25) is 0 Å². The van der Waals surface area contributed by atoms with Gasteiger partial charge in [0.05, 0.1) is 11.4 Å². The number of halogens is 2. The first kappa shape index (κ1) is 25.7. The third-order valence-corrected chi connectivity index (χ3v) is 7.08. The first-order valence-electron chi connectivity index (χ1n) is 11.9. The van der Waals surface area contributed by atoms with Crippen LogP contribution in [0, 0.1) is 0 Å².